The van der Waals surface area contributed by atoms with Crippen molar-refractivity contribution in [2.75, 3.05) is 0 Å². The molecule has 0 spiro atoms. The fourth-order valence-corrected chi connectivity index (χ4v) is 3.19. The molecular formula is C13H11F3O2S. The van der Waals surface area contributed by atoms with Crippen LogP contribution >= 0.6 is 11.3 Å². The second-order valence-corrected chi connectivity index (χ2v) is 5.45. The highest BCUT2D eigenvalue weighted by molar-refractivity contribution is 7.19. The molecule has 2 nitrogen and oxygen atoms in total. The Kier molecular flexibility index (Phi) is 3.54. The van der Waals surface area contributed by atoms with Crippen LogP contribution in [0.4, 0.5) is 13.2 Å². The Labute approximate surface area is 111 Å². The highest BCUT2D eigenvalue weighted by atomic mass is 32.1. The zero-order valence-corrected chi connectivity index (χ0v) is 10.8. The van der Waals surface area contributed by atoms with Crippen molar-refractivity contribution < 1.29 is 23.1 Å². The number of carboxylic acids is 1. The molecule has 19 heavy (non-hydrogen) atoms. The van der Waals surface area contributed by atoms with Crippen molar-refractivity contribution in [2.45, 2.75) is 19.0 Å². The van der Waals surface area contributed by atoms with Gasteiger partial charge in [0, 0.05) is 9.58 Å². The van der Waals surface area contributed by atoms with Crippen molar-refractivity contribution in [1.29, 1.82) is 0 Å². The van der Waals surface area contributed by atoms with E-state index in [1.54, 1.807) is 24.3 Å². The number of hydrogen-bond acceptors (Lipinski definition) is 2. The molecule has 1 N–H and O–H groups in total. The molecule has 1 aromatic heterocycles. The van der Waals surface area contributed by atoms with Gasteiger partial charge in [-0.2, -0.15) is 13.2 Å². The Morgan fingerprint density at radius 1 is 1.32 bits per heavy atom. The molecule has 102 valence electrons. The van der Waals surface area contributed by atoms with Crippen LogP contribution in [0.15, 0.2) is 30.3 Å². The molecule has 0 aliphatic rings. The molecular weight excluding hydrogens is 277 g/mol. The fraction of sp³-hybridized carbons (Fsp3) is 0.308. The Morgan fingerprint density at radius 3 is 2.47 bits per heavy atom. The molecule has 0 aliphatic carbocycles. The smallest absolute Gasteiger partial charge is 0.392 e. The largest absolute Gasteiger partial charge is 0.481 e. The van der Waals surface area contributed by atoms with Crippen LogP contribution in [0, 0.1) is 5.92 Å². The summed E-state index contributed by atoms with van der Waals surface area (Å²) in [6.07, 6.45) is -4.53. The van der Waals surface area contributed by atoms with E-state index in [-0.39, 0.29) is 4.88 Å². The van der Waals surface area contributed by atoms with E-state index in [9.17, 15) is 18.0 Å². The number of carbonyl (C=O) groups is 1. The van der Waals surface area contributed by atoms with Crippen molar-refractivity contribution >= 4 is 27.4 Å². The molecule has 0 radical (unpaired) electrons. The number of carboxylic acid groups (broad SMARTS) is 1. The first kappa shape index (κ1) is 13.9. The predicted molar refractivity (Wildman–Crippen MR) is 67.4 cm³/mol. The molecule has 0 saturated carbocycles. The van der Waals surface area contributed by atoms with Crippen LogP contribution in [-0.2, 0) is 4.79 Å². The van der Waals surface area contributed by atoms with Crippen LogP contribution in [0.25, 0.3) is 10.1 Å². The first-order chi connectivity index (χ1) is 8.80. The third-order valence-electron chi connectivity index (χ3n) is 3.03. The molecule has 0 saturated heterocycles. The van der Waals surface area contributed by atoms with E-state index in [4.69, 9.17) is 5.11 Å². The molecule has 0 bridgehead atoms. The van der Waals surface area contributed by atoms with Crippen LogP contribution in [0.2, 0.25) is 0 Å². The first-order valence-electron chi connectivity index (χ1n) is 5.58. The molecule has 6 heteroatoms. The quantitative estimate of drug-likeness (QED) is 0.915. The molecule has 1 heterocycles. The van der Waals surface area contributed by atoms with Gasteiger partial charge in [0.2, 0.25) is 0 Å². The lowest BCUT2D eigenvalue weighted by Crippen LogP contribution is -2.30. The Bertz CT molecular complexity index is 570. The van der Waals surface area contributed by atoms with Gasteiger partial charge in [0.05, 0.1) is 5.92 Å². The van der Waals surface area contributed by atoms with Gasteiger partial charge >= 0.3 is 12.1 Å². The molecule has 1 aromatic carbocycles. The number of aliphatic carboxylic acids is 1. The number of alkyl halides is 3. The van der Waals surface area contributed by atoms with Crippen LogP contribution in [0.3, 0.4) is 0 Å². The molecule has 0 amide bonds. The summed E-state index contributed by atoms with van der Waals surface area (Å²) < 4.78 is 39.0. The van der Waals surface area contributed by atoms with Gasteiger partial charge in [-0.3, -0.25) is 4.79 Å². The second kappa shape index (κ2) is 4.85. The Hall–Kier alpha value is -1.56. The normalized spacial score (nSPS) is 15.4. The average molecular weight is 288 g/mol. The standard InChI is InChI=1S/C13H11F3O2S/c1-7(13(14,15)16)11(12(17)18)10-6-8-4-2-3-5-9(8)19-10/h2-7,11H,1H3,(H,17,18). The fourth-order valence-electron chi connectivity index (χ4n) is 1.93. The summed E-state index contributed by atoms with van der Waals surface area (Å²) in [4.78, 5) is 11.4. The minimum absolute atomic E-state index is 0.235. The van der Waals surface area contributed by atoms with Crippen LogP contribution in [0.1, 0.15) is 17.7 Å². The summed E-state index contributed by atoms with van der Waals surface area (Å²) in [5.74, 6) is -4.92. The van der Waals surface area contributed by atoms with E-state index >= 15 is 0 Å². The number of benzene rings is 1. The zero-order chi connectivity index (χ0) is 14.2. The van der Waals surface area contributed by atoms with E-state index in [0.29, 0.717) is 0 Å². The van der Waals surface area contributed by atoms with E-state index in [1.165, 1.54) is 6.07 Å². The van der Waals surface area contributed by atoms with E-state index < -0.39 is 24.0 Å². The molecule has 0 aliphatic heterocycles. The van der Waals surface area contributed by atoms with Crippen LogP contribution in [-0.4, -0.2) is 17.3 Å². The highest BCUT2D eigenvalue weighted by Gasteiger charge is 2.45. The lowest BCUT2D eigenvalue weighted by molar-refractivity contribution is -0.183. The second-order valence-electron chi connectivity index (χ2n) is 4.33. The summed E-state index contributed by atoms with van der Waals surface area (Å²) in [6, 6.07) is 8.58. The van der Waals surface area contributed by atoms with Gasteiger partial charge in [-0.15, -0.1) is 11.3 Å². The zero-order valence-electron chi connectivity index (χ0n) is 9.94. The van der Waals surface area contributed by atoms with E-state index in [2.05, 4.69) is 0 Å². The number of halogens is 3. The van der Waals surface area contributed by atoms with Crippen LogP contribution < -0.4 is 0 Å². The molecule has 0 fully saturated rings. The lowest BCUT2D eigenvalue weighted by Gasteiger charge is -2.21. The highest BCUT2D eigenvalue weighted by Crippen LogP contribution is 2.41. The minimum atomic E-state index is -4.53. The van der Waals surface area contributed by atoms with Crippen molar-refractivity contribution in [2.24, 2.45) is 5.92 Å². The molecule has 2 atom stereocenters. The maximum absolute atomic E-state index is 12.7. The lowest BCUT2D eigenvalue weighted by atomic mass is 9.92. The number of fused-ring (bicyclic) bond motifs is 1. The number of hydrogen-bond donors (Lipinski definition) is 1. The summed E-state index contributed by atoms with van der Waals surface area (Å²) in [5, 5.41) is 9.86. The van der Waals surface area contributed by atoms with E-state index in [0.717, 1.165) is 28.3 Å². The molecule has 2 unspecified atom stereocenters. The Morgan fingerprint density at radius 2 is 1.95 bits per heavy atom. The number of thiophene rings is 1. The van der Waals surface area contributed by atoms with Gasteiger partial charge in [0.15, 0.2) is 0 Å². The van der Waals surface area contributed by atoms with Gasteiger partial charge in [-0.25, -0.2) is 0 Å². The van der Waals surface area contributed by atoms with Crippen molar-refractivity contribution in [3.8, 4) is 0 Å². The van der Waals surface area contributed by atoms with Gasteiger partial charge in [-0.05, 0) is 17.5 Å². The maximum atomic E-state index is 12.7. The molecule has 2 rings (SSSR count). The number of rotatable bonds is 3. The third kappa shape index (κ3) is 2.73. The summed E-state index contributed by atoms with van der Waals surface area (Å²) in [6.45, 7) is 0.906. The first-order valence-corrected chi connectivity index (χ1v) is 6.40. The van der Waals surface area contributed by atoms with Gasteiger partial charge in [0.1, 0.15) is 5.92 Å². The maximum Gasteiger partial charge on any atom is 0.392 e. The van der Waals surface area contributed by atoms with Crippen molar-refractivity contribution in [3.63, 3.8) is 0 Å². The monoisotopic (exact) mass is 288 g/mol. The summed E-state index contributed by atoms with van der Waals surface area (Å²) in [7, 11) is 0. The Balaban J connectivity index is 2.47. The van der Waals surface area contributed by atoms with Crippen molar-refractivity contribution in [1.82, 2.24) is 0 Å². The van der Waals surface area contributed by atoms with Gasteiger partial charge in [-0.1, -0.05) is 25.1 Å². The minimum Gasteiger partial charge on any atom is -0.481 e. The summed E-state index contributed by atoms with van der Waals surface area (Å²) >= 11 is 1.10. The van der Waals surface area contributed by atoms with Crippen LogP contribution in [0.5, 0.6) is 0 Å². The molecule has 2 aromatic rings. The van der Waals surface area contributed by atoms with Gasteiger partial charge in [0.25, 0.3) is 0 Å². The summed E-state index contributed by atoms with van der Waals surface area (Å²) in [5.41, 5.74) is 0. The van der Waals surface area contributed by atoms with Crippen molar-refractivity contribution in [3.05, 3.63) is 35.2 Å². The predicted octanol–water partition coefficient (Wildman–Crippen LogP) is 4.27. The average Bonchev–Trinajstić information content (AvgIpc) is 2.70. The topological polar surface area (TPSA) is 37.3 Å². The van der Waals surface area contributed by atoms with E-state index in [1.807, 2.05) is 0 Å². The third-order valence-corrected chi connectivity index (χ3v) is 4.23. The SMILES string of the molecule is CC(C(C(=O)O)c1cc2ccccc2s1)C(F)(F)F. The van der Waals surface area contributed by atoms with Gasteiger partial charge < -0.3 is 5.11 Å².